The first kappa shape index (κ1) is 23.7. The van der Waals surface area contributed by atoms with Gasteiger partial charge in [-0.05, 0) is 89.0 Å². The third kappa shape index (κ3) is 6.55. The molecule has 1 aliphatic heterocycles. The van der Waals surface area contributed by atoms with Crippen molar-refractivity contribution in [2.24, 2.45) is 13.0 Å². The zero-order valence-electron chi connectivity index (χ0n) is 20.5. The lowest BCUT2D eigenvalue weighted by atomic mass is 9.94. The van der Waals surface area contributed by atoms with Crippen molar-refractivity contribution >= 4 is 12.0 Å². The highest BCUT2D eigenvalue weighted by atomic mass is 16.2. The fourth-order valence-electron chi connectivity index (χ4n) is 5.27. The smallest absolute Gasteiger partial charge is 0.246 e. The summed E-state index contributed by atoms with van der Waals surface area (Å²) in [5.41, 5.74) is 4.02. The van der Waals surface area contributed by atoms with Gasteiger partial charge in [0.25, 0.3) is 0 Å². The van der Waals surface area contributed by atoms with Crippen LogP contribution in [0.2, 0.25) is 0 Å². The Labute approximate surface area is 198 Å². The summed E-state index contributed by atoms with van der Waals surface area (Å²) in [4.78, 5) is 20.0. The molecule has 1 aliphatic carbocycles. The minimum absolute atomic E-state index is 0.117. The molecule has 0 N–H and O–H groups in total. The zero-order valence-corrected chi connectivity index (χ0v) is 20.5. The van der Waals surface area contributed by atoms with Gasteiger partial charge < -0.3 is 9.80 Å². The van der Waals surface area contributed by atoms with Crippen molar-refractivity contribution in [1.29, 1.82) is 0 Å². The van der Waals surface area contributed by atoms with E-state index < -0.39 is 0 Å². The molecule has 0 bridgehead atoms. The van der Waals surface area contributed by atoms with Crippen LogP contribution in [-0.4, -0.2) is 83.2 Å². The Balaban J connectivity index is 1.30. The van der Waals surface area contributed by atoms with Gasteiger partial charge in [0.05, 0.1) is 6.20 Å². The maximum absolute atomic E-state index is 13.1. The summed E-state index contributed by atoms with van der Waals surface area (Å²) >= 11 is 0. The molecular formula is C27H39N5O. The molecule has 0 radical (unpaired) electrons. The molecule has 178 valence electrons. The minimum Gasteiger partial charge on any atom is -0.339 e. The van der Waals surface area contributed by atoms with Gasteiger partial charge >= 0.3 is 0 Å². The molecule has 1 aromatic carbocycles. The summed E-state index contributed by atoms with van der Waals surface area (Å²) in [6.07, 6.45) is 13.1. The maximum atomic E-state index is 13.1. The van der Waals surface area contributed by atoms with E-state index in [9.17, 15) is 4.79 Å². The number of benzene rings is 1. The molecule has 2 heterocycles. The first-order valence-electron chi connectivity index (χ1n) is 12.4. The number of hydrogen-bond donors (Lipinski definition) is 0. The third-order valence-corrected chi connectivity index (χ3v) is 7.16. The monoisotopic (exact) mass is 449 g/mol. The summed E-state index contributed by atoms with van der Waals surface area (Å²) in [5.74, 6) is 0.700. The van der Waals surface area contributed by atoms with E-state index in [4.69, 9.17) is 0 Å². The number of fused-ring (bicyclic) bond motifs is 1. The fourth-order valence-corrected chi connectivity index (χ4v) is 5.27. The van der Waals surface area contributed by atoms with Crippen LogP contribution in [0.25, 0.3) is 6.08 Å². The number of carbonyl (C=O) groups is 1. The van der Waals surface area contributed by atoms with E-state index in [0.29, 0.717) is 12.0 Å². The Bertz CT molecular complexity index is 916. The van der Waals surface area contributed by atoms with Crippen molar-refractivity contribution in [3.63, 3.8) is 0 Å². The number of aromatic nitrogens is 2. The Morgan fingerprint density at radius 3 is 2.42 bits per heavy atom. The van der Waals surface area contributed by atoms with Crippen LogP contribution < -0.4 is 0 Å². The molecule has 6 nitrogen and oxygen atoms in total. The van der Waals surface area contributed by atoms with E-state index in [2.05, 4.69) is 58.2 Å². The molecule has 0 saturated carbocycles. The lowest BCUT2D eigenvalue weighted by Crippen LogP contribution is -2.45. The van der Waals surface area contributed by atoms with Crippen LogP contribution in [0.4, 0.5) is 0 Å². The predicted octanol–water partition coefficient (Wildman–Crippen LogP) is 3.09. The lowest BCUT2D eigenvalue weighted by molar-refractivity contribution is -0.127. The van der Waals surface area contributed by atoms with Gasteiger partial charge in [0, 0.05) is 44.0 Å². The topological polar surface area (TPSA) is 44.6 Å². The van der Waals surface area contributed by atoms with Crippen LogP contribution in [0.1, 0.15) is 36.0 Å². The van der Waals surface area contributed by atoms with Crippen LogP contribution in [0, 0.1) is 5.92 Å². The average molecular weight is 450 g/mol. The molecule has 1 saturated heterocycles. The highest BCUT2D eigenvalue weighted by Crippen LogP contribution is 2.29. The van der Waals surface area contributed by atoms with Crippen LogP contribution in [0.5, 0.6) is 0 Å². The number of likely N-dealkylation sites (tertiary alicyclic amines) is 1. The minimum atomic E-state index is 0.117. The second kappa shape index (κ2) is 11.1. The molecule has 2 aromatic rings. The van der Waals surface area contributed by atoms with E-state index in [1.165, 1.54) is 36.8 Å². The van der Waals surface area contributed by atoms with Gasteiger partial charge in [-0.3, -0.25) is 14.4 Å². The SMILES string of the molecule is CN(C)CCCN(CC1CCN(C2Cc3ccccc3C2)CC1)C(=O)/C=C/c1cnn(C)c1. The standard InChI is InChI=1S/C27H39N5O/c1-29(2)13-6-14-32(27(33)10-9-23-19-28-30(3)20-23)21-22-11-15-31(16-12-22)26-17-24-7-4-5-8-25(24)18-26/h4-5,7-10,19-20,22,26H,6,11-18,21H2,1-3H3/b10-9+. The lowest BCUT2D eigenvalue weighted by Gasteiger charge is -2.37. The van der Waals surface area contributed by atoms with Gasteiger partial charge in [-0.15, -0.1) is 0 Å². The summed E-state index contributed by atoms with van der Waals surface area (Å²) in [7, 11) is 6.07. The van der Waals surface area contributed by atoms with Crippen molar-refractivity contribution in [3.05, 3.63) is 59.4 Å². The quantitative estimate of drug-likeness (QED) is 0.552. The molecular weight excluding hydrogens is 410 g/mol. The molecule has 6 heteroatoms. The second-order valence-corrected chi connectivity index (χ2v) is 10.0. The highest BCUT2D eigenvalue weighted by molar-refractivity contribution is 5.91. The molecule has 0 spiro atoms. The largest absolute Gasteiger partial charge is 0.339 e. The molecule has 0 unspecified atom stereocenters. The number of hydrogen-bond acceptors (Lipinski definition) is 4. The first-order valence-corrected chi connectivity index (χ1v) is 12.4. The molecule has 33 heavy (non-hydrogen) atoms. The van der Waals surface area contributed by atoms with Crippen LogP contribution >= 0.6 is 0 Å². The van der Waals surface area contributed by atoms with Crippen molar-refractivity contribution in [2.45, 2.75) is 38.1 Å². The van der Waals surface area contributed by atoms with E-state index in [0.717, 1.165) is 44.7 Å². The van der Waals surface area contributed by atoms with Gasteiger partial charge in [-0.25, -0.2) is 0 Å². The molecule has 1 amide bonds. The molecule has 4 rings (SSSR count). The molecule has 2 aliphatic rings. The van der Waals surface area contributed by atoms with Crippen molar-refractivity contribution in [2.75, 3.05) is 46.8 Å². The molecule has 1 aromatic heterocycles. The van der Waals surface area contributed by atoms with Crippen LogP contribution in [0.15, 0.2) is 42.7 Å². The van der Waals surface area contributed by atoms with Crippen molar-refractivity contribution in [3.8, 4) is 0 Å². The van der Waals surface area contributed by atoms with Crippen LogP contribution in [0.3, 0.4) is 0 Å². The van der Waals surface area contributed by atoms with E-state index in [-0.39, 0.29) is 5.91 Å². The fraction of sp³-hybridized carbons (Fsp3) is 0.556. The van der Waals surface area contributed by atoms with E-state index in [1.807, 2.05) is 19.3 Å². The van der Waals surface area contributed by atoms with Gasteiger partial charge in [0.1, 0.15) is 0 Å². The number of aryl methyl sites for hydroxylation is 1. The van der Waals surface area contributed by atoms with Crippen LogP contribution in [-0.2, 0) is 24.7 Å². The summed E-state index contributed by atoms with van der Waals surface area (Å²) in [5, 5.41) is 4.19. The van der Waals surface area contributed by atoms with E-state index >= 15 is 0 Å². The van der Waals surface area contributed by atoms with Crippen molar-refractivity contribution < 1.29 is 4.79 Å². The van der Waals surface area contributed by atoms with E-state index in [1.54, 1.807) is 17.0 Å². The normalized spacial score (nSPS) is 17.8. The number of nitrogens with zero attached hydrogens (tertiary/aromatic N) is 5. The number of rotatable bonds is 9. The first-order chi connectivity index (χ1) is 16.0. The summed E-state index contributed by atoms with van der Waals surface area (Å²) in [6, 6.07) is 9.57. The van der Waals surface area contributed by atoms with Crippen molar-refractivity contribution in [1.82, 2.24) is 24.5 Å². The number of amides is 1. The molecule has 0 atom stereocenters. The van der Waals surface area contributed by atoms with Gasteiger partial charge in [0.15, 0.2) is 0 Å². The highest BCUT2D eigenvalue weighted by Gasteiger charge is 2.30. The maximum Gasteiger partial charge on any atom is 0.246 e. The van der Waals surface area contributed by atoms with Gasteiger partial charge in [0.2, 0.25) is 5.91 Å². The summed E-state index contributed by atoms with van der Waals surface area (Å²) < 4.78 is 1.76. The Morgan fingerprint density at radius 2 is 1.82 bits per heavy atom. The van der Waals surface area contributed by atoms with Gasteiger partial charge in [-0.1, -0.05) is 24.3 Å². The average Bonchev–Trinajstić information content (AvgIpc) is 3.43. The number of carbonyl (C=O) groups excluding carboxylic acids is 1. The van der Waals surface area contributed by atoms with Gasteiger partial charge in [-0.2, -0.15) is 5.10 Å². The Hall–Kier alpha value is -2.44. The third-order valence-electron chi connectivity index (χ3n) is 7.16. The Morgan fingerprint density at radius 1 is 1.12 bits per heavy atom. The second-order valence-electron chi connectivity index (χ2n) is 10.0. The number of piperidine rings is 1. The predicted molar refractivity (Wildman–Crippen MR) is 134 cm³/mol. The zero-order chi connectivity index (χ0) is 23.2. The summed E-state index contributed by atoms with van der Waals surface area (Å²) in [6.45, 7) is 4.97. The Kier molecular flexibility index (Phi) is 7.99. The molecule has 1 fully saturated rings.